The zero-order valence-corrected chi connectivity index (χ0v) is 15.4. The Hall–Kier alpha value is -2.40. The molecule has 2 aromatic rings. The Labute approximate surface area is 158 Å². The van der Waals surface area contributed by atoms with E-state index in [2.05, 4.69) is 4.98 Å². The number of pyridine rings is 1. The number of halogens is 1. The smallest absolute Gasteiger partial charge is 0.272 e. The van der Waals surface area contributed by atoms with E-state index < -0.39 is 0 Å². The van der Waals surface area contributed by atoms with Crippen molar-refractivity contribution >= 4 is 23.4 Å². The predicted molar refractivity (Wildman–Crippen MR) is 101 cm³/mol. The van der Waals surface area contributed by atoms with Crippen LogP contribution in [0, 0.1) is 0 Å². The van der Waals surface area contributed by atoms with Crippen LogP contribution in [-0.4, -0.2) is 52.8 Å². The first-order valence-corrected chi connectivity index (χ1v) is 9.24. The molecule has 6 heteroatoms. The predicted octanol–water partition coefficient (Wildman–Crippen LogP) is 3.04. The summed E-state index contributed by atoms with van der Waals surface area (Å²) in [5.74, 6) is 0.0631. The summed E-state index contributed by atoms with van der Waals surface area (Å²) in [7, 11) is 0. The summed E-state index contributed by atoms with van der Waals surface area (Å²) in [4.78, 5) is 32.8. The second kappa shape index (κ2) is 8.81. The maximum atomic E-state index is 12.5. The van der Waals surface area contributed by atoms with Gasteiger partial charge in [-0.05, 0) is 42.7 Å². The Kier molecular flexibility index (Phi) is 6.23. The van der Waals surface area contributed by atoms with E-state index in [1.165, 1.54) is 0 Å². The van der Waals surface area contributed by atoms with Crippen molar-refractivity contribution in [1.82, 2.24) is 14.8 Å². The first kappa shape index (κ1) is 18.4. The molecule has 1 saturated heterocycles. The second-order valence-corrected chi connectivity index (χ2v) is 6.80. The van der Waals surface area contributed by atoms with Crippen molar-refractivity contribution in [3.05, 3.63) is 64.9 Å². The van der Waals surface area contributed by atoms with Crippen LogP contribution in [0.15, 0.2) is 48.7 Å². The fourth-order valence-electron chi connectivity index (χ4n) is 3.08. The fraction of sp³-hybridized carbons (Fsp3) is 0.350. The van der Waals surface area contributed by atoms with Crippen LogP contribution in [0.25, 0.3) is 0 Å². The minimum atomic E-state index is -0.0685. The lowest BCUT2D eigenvalue weighted by Gasteiger charge is -2.22. The van der Waals surface area contributed by atoms with Crippen LogP contribution in [0.1, 0.15) is 28.9 Å². The van der Waals surface area contributed by atoms with Gasteiger partial charge in [0.1, 0.15) is 5.69 Å². The van der Waals surface area contributed by atoms with Crippen LogP contribution < -0.4 is 0 Å². The lowest BCUT2D eigenvalue weighted by Crippen LogP contribution is -2.37. The lowest BCUT2D eigenvalue weighted by molar-refractivity contribution is -0.131. The third kappa shape index (κ3) is 4.82. The molecule has 1 fully saturated rings. The molecule has 1 aliphatic rings. The van der Waals surface area contributed by atoms with E-state index in [9.17, 15) is 9.59 Å². The molecule has 0 radical (unpaired) electrons. The topological polar surface area (TPSA) is 53.5 Å². The average Bonchev–Trinajstić information content (AvgIpc) is 2.94. The van der Waals surface area contributed by atoms with Gasteiger partial charge in [0.05, 0.1) is 0 Å². The quantitative estimate of drug-likeness (QED) is 0.830. The van der Waals surface area contributed by atoms with E-state index in [0.29, 0.717) is 49.7 Å². The molecule has 0 spiro atoms. The number of carbonyl (C=O) groups excluding carboxylic acids is 2. The number of nitrogens with zero attached hydrogens (tertiary/aromatic N) is 3. The summed E-state index contributed by atoms with van der Waals surface area (Å²) in [5.41, 5.74) is 1.56. The van der Waals surface area contributed by atoms with Crippen LogP contribution in [0.2, 0.25) is 5.02 Å². The highest BCUT2D eigenvalue weighted by molar-refractivity contribution is 6.30. The fourth-order valence-corrected chi connectivity index (χ4v) is 3.21. The molecule has 136 valence electrons. The lowest BCUT2D eigenvalue weighted by atomic mass is 10.1. The van der Waals surface area contributed by atoms with Crippen LogP contribution in [-0.2, 0) is 11.2 Å². The molecule has 3 rings (SSSR count). The van der Waals surface area contributed by atoms with E-state index in [-0.39, 0.29) is 11.8 Å². The molecule has 0 saturated carbocycles. The zero-order valence-electron chi connectivity index (χ0n) is 14.6. The molecule has 26 heavy (non-hydrogen) atoms. The molecule has 1 aromatic carbocycles. The standard InChI is InChI=1S/C20H22ClN3O2/c21-17-8-5-16(6-9-17)7-10-19(25)23-12-3-13-24(15-14-23)20(26)18-4-1-2-11-22-18/h1-2,4-6,8-9,11H,3,7,10,12-15H2. The highest BCUT2D eigenvalue weighted by Crippen LogP contribution is 2.13. The molecule has 0 bridgehead atoms. The van der Waals surface area contributed by atoms with Gasteiger partial charge in [-0.15, -0.1) is 0 Å². The summed E-state index contributed by atoms with van der Waals surface area (Å²) in [5, 5.41) is 0.699. The van der Waals surface area contributed by atoms with Crippen LogP contribution in [0.3, 0.4) is 0 Å². The molecule has 1 aliphatic heterocycles. The van der Waals surface area contributed by atoms with E-state index in [4.69, 9.17) is 11.6 Å². The van der Waals surface area contributed by atoms with E-state index in [0.717, 1.165) is 12.0 Å². The van der Waals surface area contributed by atoms with E-state index in [1.54, 1.807) is 23.2 Å². The average molecular weight is 372 g/mol. The van der Waals surface area contributed by atoms with Gasteiger partial charge >= 0.3 is 0 Å². The molecule has 0 aliphatic carbocycles. The molecule has 0 unspecified atom stereocenters. The summed E-state index contributed by atoms with van der Waals surface area (Å²) in [6.07, 6.45) is 3.57. The first-order chi connectivity index (χ1) is 12.6. The minimum absolute atomic E-state index is 0.0685. The number of amides is 2. The number of hydrogen-bond donors (Lipinski definition) is 0. The summed E-state index contributed by atoms with van der Waals surface area (Å²) >= 11 is 5.89. The highest BCUT2D eigenvalue weighted by Gasteiger charge is 2.23. The number of benzene rings is 1. The van der Waals surface area contributed by atoms with E-state index in [1.807, 2.05) is 35.2 Å². The number of carbonyl (C=O) groups is 2. The highest BCUT2D eigenvalue weighted by atomic mass is 35.5. The Balaban J connectivity index is 1.52. The van der Waals surface area contributed by atoms with Gasteiger partial charge in [0, 0.05) is 43.8 Å². The van der Waals surface area contributed by atoms with Gasteiger partial charge in [-0.3, -0.25) is 14.6 Å². The molecular weight excluding hydrogens is 350 g/mol. The molecule has 5 nitrogen and oxygen atoms in total. The van der Waals surface area contributed by atoms with Gasteiger partial charge in [-0.25, -0.2) is 0 Å². The molecular formula is C20H22ClN3O2. The molecule has 2 heterocycles. The Morgan fingerprint density at radius 1 is 0.962 bits per heavy atom. The van der Waals surface area contributed by atoms with Crippen molar-refractivity contribution in [3.8, 4) is 0 Å². The first-order valence-electron chi connectivity index (χ1n) is 8.86. The van der Waals surface area contributed by atoms with E-state index >= 15 is 0 Å². The third-order valence-corrected chi connectivity index (χ3v) is 4.81. The third-order valence-electron chi connectivity index (χ3n) is 4.56. The minimum Gasteiger partial charge on any atom is -0.341 e. The Morgan fingerprint density at radius 3 is 2.42 bits per heavy atom. The molecule has 1 aromatic heterocycles. The summed E-state index contributed by atoms with van der Waals surface area (Å²) in [6, 6.07) is 12.9. The van der Waals surface area contributed by atoms with Gasteiger partial charge in [-0.1, -0.05) is 29.8 Å². The van der Waals surface area contributed by atoms with Gasteiger partial charge in [0.15, 0.2) is 0 Å². The number of aryl methyl sites for hydroxylation is 1. The number of hydrogen-bond acceptors (Lipinski definition) is 3. The van der Waals surface area contributed by atoms with Crippen LogP contribution in [0.5, 0.6) is 0 Å². The van der Waals surface area contributed by atoms with Crippen LogP contribution in [0.4, 0.5) is 0 Å². The van der Waals surface area contributed by atoms with Crippen molar-refractivity contribution in [3.63, 3.8) is 0 Å². The largest absolute Gasteiger partial charge is 0.341 e. The maximum Gasteiger partial charge on any atom is 0.272 e. The summed E-state index contributed by atoms with van der Waals surface area (Å²) < 4.78 is 0. The summed E-state index contributed by atoms with van der Waals surface area (Å²) in [6.45, 7) is 2.45. The number of rotatable bonds is 4. The van der Waals surface area contributed by atoms with Crippen molar-refractivity contribution in [2.75, 3.05) is 26.2 Å². The van der Waals surface area contributed by atoms with Crippen molar-refractivity contribution in [2.24, 2.45) is 0 Å². The SMILES string of the molecule is O=C(CCc1ccc(Cl)cc1)N1CCCN(C(=O)c2ccccn2)CC1. The van der Waals surface area contributed by atoms with Crippen molar-refractivity contribution in [2.45, 2.75) is 19.3 Å². The van der Waals surface area contributed by atoms with Gasteiger partial charge < -0.3 is 9.80 Å². The number of aromatic nitrogens is 1. The van der Waals surface area contributed by atoms with Crippen molar-refractivity contribution in [1.29, 1.82) is 0 Å². The van der Waals surface area contributed by atoms with Gasteiger partial charge in [0.2, 0.25) is 5.91 Å². The Bertz CT molecular complexity index is 749. The van der Waals surface area contributed by atoms with Crippen LogP contribution >= 0.6 is 11.6 Å². The van der Waals surface area contributed by atoms with Gasteiger partial charge in [-0.2, -0.15) is 0 Å². The normalized spacial score (nSPS) is 14.8. The molecule has 2 amide bonds. The van der Waals surface area contributed by atoms with Crippen molar-refractivity contribution < 1.29 is 9.59 Å². The second-order valence-electron chi connectivity index (χ2n) is 6.37. The molecule has 0 N–H and O–H groups in total. The maximum absolute atomic E-state index is 12.5. The Morgan fingerprint density at radius 2 is 1.69 bits per heavy atom. The zero-order chi connectivity index (χ0) is 18.4. The monoisotopic (exact) mass is 371 g/mol. The van der Waals surface area contributed by atoms with Gasteiger partial charge in [0.25, 0.3) is 5.91 Å². The molecule has 0 atom stereocenters.